The minimum absolute atomic E-state index is 0.392. The van der Waals surface area contributed by atoms with E-state index in [1.807, 2.05) is 0 Å². The molecule has 2 nitrogen and oxygen atoms in total. The van der Waals surface area contributed by atoms with Gasteiger partial charge in [-0.3, -0.25) is 0 Å². The zero-order valence-corrected chi connectivity index (χ0v) is 5.79. The molecule has 54 valence electrons. The van der Waals surface area contributed by atoms with E-state index in [1.54, 1.807) is 0 Å². The maximum Gasteiger partial charge on any atom is 0.0914 e. The van der Waals surface area contributed by atoms with E-state index >= 15 is 0 Å². The summed E-state index contributed by atoms with van der Waals surface area (Å²) < 4.78 is 5.73. The van der Waals surface area contributed by atoms with Crippen LogP contribution in [0.4, 0.5) is 0 Å². The summed E-state index contributed by atoms with van der Waals surface area (Å²) >= 11 is 0. The van der Waals surface area contributed by atoms with Gasteiger partial charge >= 0.3 is 0 Å². The molecule has 5 heterocycles. The number of morpholine rings is 1. The van der Waals surface area contributed by atoms with Crippen LogP contribution in [0.5, 0.6) is 0 Å². The van der Waals surface area contributed by atoms with E-state index in [9.17, 15) is 0 Å². The van der Waals surface area contributed by atoms with Crippen LogP contribution in [0.1, 0.15) is 12.8 Å². The first kappa shape index (κ1) is 5.33. The van der Waals surface area contributed by atoms with Crippen molar-refractivity contribution in [1.82, 2.24) is 5.32 Å². The molecule has 0 radical (unpaired) electrons. The number of hydrogen-bond acceptors (Lipinski definition) is 2. The third kappa shape index (κ3) is 0.516. The van der Waals surface area contributed by atoms with Gasteiger partial charge in [-0.25, -0.2) is 0 Å². The lowest BCUT2D eigenvalue weighted by molar-refractivity contribution is -0.105. The summed E-state index contributed by atoms with van der Waals surface area (Å²) in [5.74, 6) is 0. The Kier molecular flexibility index (Phi) is 0.868. The van der Waals surface area contributed by atoms with Crippen LogP contribution < -0.4 is 5.32 Å². The molecule has 10 heavy (non-hydrogen) atoms. The highest BCUT2D eigenvalue weighted by atomic mass is 16.5. The molecule has 0 amide bonds. The number of hydrogen-bond donors (Lipinski definition) is 1. The monoisotopic (exact) mass is 137 g/mol. The van der Waals surface area contributed by atoms with Gasteiger partial charge in [0.15, 0.2) is 0 Å². The van der Waals surface area contributed by atoms with Crippen LogP contribution in [0, 0.1) is 0 Å². The summed E-state index contributed by atoms with van der Waals surface area (Å²) in [6.45, 7) is 0. The van der Waals surface area contributed by atoms with Crippen molar-refractivity contribution in [3.05, 3.63) is 12.2 Å². The number of rotatable bonds is 0. The molecule has 0 spiro atoms. The van der Waals surface area contributed by atoms with Crippen LogP contribution in [0.15, 0.2) is 12.2 Å². The smallest absolute Gasteiger partial charge is 0.0914 e. The van der Waals surface area contributed by atoms with Crippen molar-refractivity contribution >= 4 is 0 Å². The molecule has 1 N–H and O–H groups in total. The van der Waals surface area contributed by atoms with Crippen molar-refractivity contribution in [3.8, 4) is 0 Å². The lowest BCUT2D eigenvalue weighted by Gasteiger charge is -2.49. The molecule has 2 heteroatoms. The average Bonchev–Trinajstić information content (AvgIpc) is 2.05. The molecule has 5 rings (SSSR count). The maximum absolute atomic E-state index is 5.73. The van der Waals surface area contributed by atoms with Gasteiger partial charge in [-0.1, -0.05) is 12.2 Å². The maximum atomic E-state index is 5.73. The quantitative estimate of drug-likeness (QED) is 0.489. The number of piperidine rings is 1. The van der Waals surface area contributed by atoms with Gasteiger partial charge < -0.3 is 10.1 Å². The van der Waals surface area contributed by atoms with Crippen LogP contribution >= 0.6 is 0 Å². The Hall–Kier alpha value is -0.340. The largest absolute Gasteiger partial charge is 0.367 e. The summed E-state index contributed by atoms with van der Waals surface area (Å²) in [5.41, 5.74) is 0. The molecule has 0 aromatic carbocycles. The van der Waals surface area contributed by atoms with E-state index in [-0.39, 0.29) is 0 Å². The second kappa shape index (κ2) is 1.63. The molecule has 3 saturated heterocycles. The first-order valence-electron chi connectivity index (χ1n) is 4.03. The van der Waals surface area contributed by atoms with Crippen LogP contribution in [-0.2, 0) is 4.74 Å². The molecule has 0 unspecified atom stereocenters. The highest BCUT2D eigenvalue weighted by Gasteiger charge is 2.43. The molecule has 0 saturated carbocycles. The molecule has 4 atom stereocenters. The second-order valence-electron chi connectivity index (χ2n) is 3.40. The van der Waals surface area contributed by atoms with Crippen LogP contribution in [0.25, 0.3) is 0 Å². The predicted molar refractivity (Wildman–Crippen MR) is 37.7 cm³/mol. The Labute approximate surface area is 60.3 Å². The predicted octanol–water partition coefficient (Wildman–Crippen LogP) is 0.444. The summed E-state index contributed by atoms with van der Waals surface area (Å²) in [4.78, 5) is 0. The molecule has 0 aromatic heterocycles. The zero-order valence-electron chi connectivity index (χ0n) is 5.79. The van der Waals surface area contributed by atoms with Crippen molar-refractivity contribution < 1.29 is 4.74 Å². The van der Waals surface area contributed by atoms with Gasteiger partial charge in [-0.05, 0) is 12.8 Å². The van der Waals surface area contributed by atoms with Gasteiger partial charge in [0.05, 0.1) is 18.2 Å². The zero-order chi connectivity index (χ0) is 6.55. The van der Waals surface area contributed by atoms with Crippen LogP contribution in [-0.4, -0.2) is 24.3 Å². The van der Waals surface area contributed by atoms with Crippen molar-refractivity contribution in [2.45, 2.75) is 37.1 Å². The summed E-state index contributed by atoms with van der Waals surface area (Å²) in [5, 5.41) is 3.54. The molecule has 5 aliphatic heterocycles. The van der Waals surface area contributed by atoms with E-state index in [0.717, 1.165) is 0 Å². The highest BCUT2D eigenvalue weighted by Crippen LogP contribution is 2.32. The Morgan fingerprint density at radius 2 is 2.30 bits per heavy atom. The van der Waals surface area contributed by atoms with E-state index in [2.05, 4.69) is 17.5 Å². The van der Waals surface area contributed by atoms with Gasteiger partial charge in [0.1, 0.15) is 0 Å². The van der Waals surface area contributed by atoms with E-state index in [4.69, 9.17) is 4.74 Å². The average molecular weight is 137 g/mol. The molecule has 5 aliphatic rings. The van der Waals surface area contributed by atoms with Gasteiger partial charge in [0.25, 0.3) is 0 Å². The first-order valence-corrected chi connectivity index (χ1v) is 4.03. The van der Waals surface area contributed by atoms with Crippen molar-refractivity contribution in [3.63, 3.8) is 0 Å². The van der Waals surface area contributed by atoms with Crippen LogP contribution in [0.2, 0.25) is 0 Å². The minimum atomic E-state index is 0.392. The molecular weight excluding hydrogens is 126 g/mol. The summed E-state index contributed by atoms with van der Waals surface area (Å²) in [6, 6.07) is 1.16. The summed E-state index contributed by atoms with van der Waals surface area (Å²) in [6.07, 6.45) is 7.90. The Morgan fingerprint density at radius 1 is 1.30 bits per heavy atom. The van der Waals surface area contributed by atoms with Gasteiger partial charge in [-0.2, -0.15) is 0 Å². The molecular formula is C8H11NO. The van der Waals surface area contributed by atoms with Gasteiger partial charge in [-0.15, -0.1) is 0 Å². The fourth-order valence-electron chi connectivity index (χ4n) is 2.26. The topological polar surface area (TPSA) is 21.3 Å². The molecule has 0 aromatic rings. The third-order valence-corrected chi connectivity index (χ3v) is 2.81. The second-order valence-corrected chi connectivity index (χ2v) is 3.40. The van der Waals surface area contributed by atoms with Crippen molar-refractivity contribution in [2.75, 3.05) is 0 Å². The molecule has 0 aliphatic carbocycles. The molecule has 4 bridgehead atoms. The van der Waals surface area contributed by atoms with E-state index in [0.29, 0.717) is 24.3 Å². The fourth-order valence-corrected chi connectivity index (χ4v) is 2.26. The Morgan fingerprint density at radius 3 is 2.80 bits per heavy atom. The Balaban J connectivity index is 2.04. The molecule has 3 fully saturated rings. The number of fused-ring (bicyclic) bond motifs is 1. The first-order chi connectivity index (χ1) is 4.93. The number of nitrogens with one attached hydrogen (secondary N) is 1. The lowest BCUT2D eigenvalue weighted by atomic mass is 9.84. The normalized spacial score (nSPS) is 56.0. The number of ether oxygens (including phenoxy) is 1. The third-order valence-electron chi connectivity index (χ3n) is 2.81. The van der Waals surface area contributed by atoms with Gasteiger partial charge in [0, 0.05) is 6.04 Å². The SMILES string of the molecule is C1=C[C@@H]2O[C@H]3CC[C@@H]2N[C@@H]13. The summed E-state index contributed by atoms with van der Waals surface area (Å²) in [7, 11) is 0. The standard InChI is InChI=1S/C8H11NO/c1-3-7-6-2-4-8(10-7)5(1)9-6/h1,3,5-9H,2,4H2/t5-,6-,7-,8-/m0/s1. The Bertz CT molecular complexity index is 170. The highest BCUT2D eigenvalue weighted by molar-refractivity contribution is 5.17. The van der Waals surface area contributed by atoms with Crippen molar-refractivity contribution in [1.29, 1.82) is 0 Å². The fraction of sp³-hybridized carbons (Fsp3) is 0.750. The van der Waals surface area contributed by atoms with E-state index < -0.39 is 0 Å². The van der Waals surface area contributed by atoms with Gasteiger partial charge in [0.2, 0.25) is 0 Å². The lowest BCUT2D eigenvalue weighted by Crippen LogP contribution is -2.64. The van der Waals surface area contributed by atoms with Crippen molar-refractivity contribution in [2.24, 2.45) is 0 Å². The van der Waals surface area contributed by atoms with Crippen LogP contribution in [0.3, 0.4) is 0 Å². The van der Waals surface area contributed by atoms with E-state index in [1.165, 1.54) is 12.8 Å². The minimum Gasteiger partial charge on any atom is -0.367 e.